The first-order chi connectivity index (χ1) is 7.13. The van der Waals surface area contributed by atoms with Crippen LogP contribution >= 0.6 is 0 Å². The van der Waals surface area contributed by atoms with Crippen LogP contribution in [0, 0.1) is 0 Å². The van der Waals surface area contributed by atoms with E-state index in [4.69, 9.17) is 0 Å². The van der Waals surface area contributed by atoms with E-state index in [0.29, 0.717) is 5.65 Å². The highest BCUT2D eigenvalue weighted by Gasteiger charge is 2.10. The molecule has 0 amide bonds. The van der Waals surface area contributed by atoms with Crippen molar-refractivity contribution in [2.75, 3.05) is 0 Å². The Kier molecular flexibility index (Phi) is 2.30. The first-order valence-electron chi connectivity index (χ1n) is 5.11. The molecule has 5 heteroatoms. The van der Waals surface area contributed by atoms with Gasteiger partial charge in [-0.25, -0.2) is 9.48 Å². The molecule has 2 heterocycles. The van der Waals surface area contributed by atoms with Crippen LogP contribution in [-0.4, -0.2) is 19.4 Å². The number of hydrogen-bond donors (Lipinski definition) is 0. The summed E-state index contributed by atoms with van der Waals surface area (Å²) in [6.45, 7) is 5.91. The third-order valence-corrected chi connectivity index (χ3v) is 2.31. The second-order valence-electron chi connectivity index (χ2n) is 3.76. The van der Waals surface area contributed by atoms with Gasteiger partial charge in [0.05, 0.1) is 11.7 Å². The molecule has 0 aliphatic carbocycles. The second kappa shape index (κ2) is 3.49. The Morgan fingerprint density at radius 1 is 1.40 bits per heavy atom. The maximum absolute atomic E-state index is 11.6. The summed E-state index contributed by atoms with van der Waals surface area (Å²) in [5.41, 5.74) is 1.31. The van der Waals surface area contributed by atoms with Gasteiger partial charge in [-0.15, -0.1) is 4.63 Å². The molecule has 2 aromatic heterocycles. The van der Waals surface area contributed by atoms with Crippen molar-refractivity contribution in [2.45, 2.75) is 33.2 Å². The van der Waals surface area contributed by atoms with Crippen LogP contribution in [0.5, 0.6) is 0 Å². The lowest BCUT2D eigenvalue weighted by atomic mass is 10.3. The van der Waals surface area contributed by atoms with E-state index in [1.54, 1.807) is 9.31 Å². The summed E-state index contributed by atoms with van der Waals surface area (Å²) in [5, 5.41) is 4.35. The van der Waals surface area contributed by atoms with Crippen molar-refractivity contribution in [3.8, 4) is 0 Å². The maximum atomic E-state index is 11.6. The van der Waals surface area contributed by atoms with Gasteiger partial charge in [-0.3, -0.25) is 0 Å². The zero-order valence-corrected chi connectivity index (χ0v) is 9.14. The Labute approximate surface area is 87.3 Å². The number of hydrogen-bond acceptors (Lipinski definition) is 3. The summed E-state index contributed by atoms with van der Waals surface area (Å²) < 4.78 is 3.14. The van der Waals surface area contributed by atoms with Crippen LogP contribution in [0.15, 0.2) is 16.9 Å². The van der Waals surface area contributed by atoms with Crippen molar-refractivity contribution in [1.29, 1.82) is 0 Å². The fourth-order valence-corrected chi connectivity index (χ4v) is 1.54. The Bertz CT molecular complexity index is 538. The normalized spacial score (nSPS) is 11.5. The first kappa shape index (κ1) is 9.89. The molecule has 0 aliphatic heterocycles. The van der Waals surface area contributed by atoms with Gasteiger partial charge in [-0.2, -0.15) is 10.1 Å². The predicted molar refractivity (Wildman–Crippen MR) is 57.0 cm³/mol. The Balaban J connectivity index is 2.78. The SMILES string of the molecule is CCc1ccc2nc(=O)n(C(C)C)n2n1. The average molecular weight is 206 g/mol. The summed E-state index contributed by atoms with van der Waals surface area (Å²) in [5.74, 6) is 0. The smallest absolute Gasteiger partial charge is 0.244 e. The van der Waals surface area contributed by atoms with Crippen LogP contribution in [0.2, 0.25) is 0 Å². The molecule has 80 valence electrons. The van der Waals surface area contributed by atoms with E-state index in [1.165, 1.54) is 0 Å². The zero-order chi connectivity index (χ0) is 11.0. The minimum atomic E-state index is -0.245. The van der Waals surface area contributed by atoms with E-state index >= 15 is 0 Å². The van der Waals surface area contributed by atoms with Crippen LogP contribution in [0.25, 0.3) is 5.65 Å². The minimum Gasteiger partial charge on any atom is -0.244 e. The van der Waals surface area contributed by atoms with Gasteiger partial charge < -0.3 is 0 Å². The molecular formula is C10H14N4O. The predicted octanol–water partition coefficient (Wildman–Crippen LogP) is 1.03. The molecule has 0 aromatic carbocycles. The maximum Gasteiger partial charge on any atom is 0.366 e. The van der Waals surface area contributed by atoms with E-state index in [0.717, 1.165) is 12.1 Å². The summed E-state index contributed by atoms with van der Waals surface area (Å²) in [6, 6.07) is 3.78. The highest BCUT2D eigenvalue weighted by molar-refractivity contribution is 5.34. The highest BCUT2D eigenvalue weighted by Crippen LogP contribution is 2.04. The van der Waals surface area contributed by atoms with Gasteiger partial charge >= 0.3 is 5.69 Å². The van der Waals surface area contributed by atoms with Crippen LogP contribution in [0.4, 0.5) is 0 Å². The molecule has 0 N–H and O–H groups in total. The van der Waals surface area contributed by atoms with E-state index in [9.17, 15) is 4.79 Å². The molecule has 0 atom stereocenters. The fraction of sp³-hybridized carbons (Fsp3) is 0.500. The number of nitrogens with zero attached hydrogens (tertiary/aromatic N) is 4. The fourth-order valence-electron chi connectivity index (χ4n) is 1.54. The molecule has 0 aliphatic rings. The van der Waals surface area contributed by atoms with E-state index in [1.807, 2.05) is 32.9 Å². The molecule has 5 nitrogen and oxygen atoms in total. The topological polar surface area (TPSA) is 52.2 Å². The van der Waals surface area contributed by atoms with Gasteiger partial charge in [-0.1, -0.05) is 6.92 Å². The van der Waals surface area contributed by atoms with Gasteiger partial charge in [0.1, 0.15) is 0 Å². The standard InChI is InChI=1S/C10H14N4O/c1-4-8-5-6-9-11-10(15)13(7(2)3)14(9)12-8/h5-7H,4H2,1-3H3. The van der Waals surface area contributed by atoms with Crippen molar-refractivity contribution < 1.29 is 0 Å². The summed E-state index contributed by atoms with van der Waals surface area (Å²) in [4.78, 5) is 15.5. The average Bonchev–Trinajstić information content (AvgIpc) is 2.52. The van der Waals surface area contributed by atoms with Crippen LogP contribution in [-0.2, 0) is 6.42 Å². The highest BCUT2D eigenvalue weighted by atomic mass is 16.2. The number of fused-ring (bicyclic) bond motifs is 1. The molecule has 2 rings (SSSR count). The molecule has 0 radical (unpaired) electrons. The molecule has 2 aromatic rings. The van der Waals surface area contributed by atoms with Crippen LogP contribution in [0.1, 0.15) is 32.5 Å². The van der Waals surface area contributed by atoms with Crippen molar-refractivity contribution in [1.82, 2.24) is 19.4 Å². The van der Waals surface area contributed by atoms with E-state index in [-0.39, 0.29) is 11.7 Å². The summed E-state index contributed by atoms with van der Waals surface area (Å²) in [7, 11) is 0. The van der Waals surface area contributed by atoms with Gasteiger partial charge in [0.2, 0.25) is 0 Å². The summed E-state index contributed by atoms with van der Waals surface area (Å²) >= 11 is 0. The lowest BCUT2D eigenvalue weighted by molar-refractivity contribution is 0.452. The van der Waals surface area contributed by atoms with Crippen molar-refractivity contribution >= 4 is 5.65 Å². The third-order valence-electron chi connectivity index (χ3n) is 2.31. The van der Waals surface area contributed by atoms with Crippen molar-refractivity contribution in [3.63, 3.8) is 0 Å². The van der Waals surface area contributed by atoms with Gasteiger partial charge in [0.25, 0.3) is 0 Å². The Morgan fingerprint density at radius 2 is 2.13 bits per heavy atom. The Hall–Kier alpha value is -1.65. The van der Waals surface area contributed by atoms with Gasteiger partial charge in [-0.05, 0) is 32.4 Å². The van der Waals surface area contributed by atoms with Crippen LogP contribution < -0.4 is 5.69 Å². The van der Waals surface area contributed by atoms with Crippen molar-refractivity contribution in [3.05, 3.63) is 28.3 Å². The van der Waals surface area contributed by atoms with Crippen LogP contribution in [0.3, 0.4) is 0 Å². The molecule has 0 fully saturated rings. The molecule has 0 spiro atoms. The first-order valence-corrected chi connectivity index (χ1v) is 5.11. The van der Waals surface area contributed by atoms with Gasteiger partial charge in [0, 0.05) is 0 Å². The monoisotopic (exact) mass is 206 g/mol. The molecule has 0 saturated heterocycles. The number of aromatic nitrogens is 4. The lowest BCUT2D eigenvalue weighted by Crippen LogP contribution is -2.23. The molecular weight excluding hydrogens is 192 g/mol. The van der Waals surface area contributed by atoms with Crippen molar-refractivity contribution in [2.24, 2.45) is 0 Å². The van der Waals surface area contributed by atoms with E-state index in [2.05, 4.69) is 10.1 Å². The van der Waals surface area contributed by atoms with E-state index < -0.39 is 0 Å². The quantitative estimate of drug-likeness (QED) is 0.737. The minimum absolute atomic E-state index is 0.0621. The molecule has 15 heavy (non-hydrogen) atoms. The molecule has 0 bridgehead atoms. The molecule has 0 saturated carbocycles. The second-order valence-corrected chi connectivity index (χ2v) is 3.76. The number of aryl methyl sites for hydroxylation is 1. The summed E-state index contributed by atoms with van der Waals surface area (Å²) in [6.07, 6.45) is 0.848. The lowest BCUT2D eigenvalue weighted by Gasteiger charge is -2.07. The number of rotatable bonds is 2. The zero-order valence-electron chi connectivity index (χ0n) is 9.14. The third kappa shape index (κ3) is 1.54. The Morgan fingerprint density at radius 3 is 2.73 bits per heavy atom. The van der Waals surface area contributed by atoms with Gasteiger partial charge in [0.15, 0.2) is 5.65 Å². The molecule has 0 unspecified atom stereocenters. The largest absolute Gasteiger partial charge is 0.366 e.